The van der Waals surface area contributed by atoms with Gasteiger partial charge in [-0.15, -0.1) is 0 Å². The number of aromatic hydroxyl groups is 2. The number of hydrogen-bond acceptors (Lipinski definition) is 6. The van der Waals surface area contributed by atoms with E-state index in [0.29, 0.717) is 36.8 Å². The van der Waals surface area contributed by atoms with E-state index >= 15 is 0 Å². The second-order valence-corrected chi connectivity index (χ2v) is 8.62. The van der Waals surface area contributed by atoms with Crippen LogP contribution >= 0.6 is 31.9 Å². The van der Waals surface area contributed by atoms with Crippen molar-refractivity contribution in [1.29, 1.82) is 0 Å². The quantitative estimate of drug-likeness (QED) is 0.577. The van der Waals surface area contributed by atoms with Crippen LogP contribution < -0.4 is 0 Å². The number of benzene rings is 2. The zero-order valence-electron chi connectivity index (χ0n) is 15.1. The number of phenolic OH excluding ortho intramolecular Hbond substituents is 2. The maximum Gasteiger partial charge on any atom is 0.153 e. The molecule has 0 bridgehead atoms. The summed E-state index contributed by atoms with van der Waals surface area (Å²) in [5, 5.41) is 20.5. The molecule has 6 nitrogen and oxygen atoms in total. The Balaban J connectivity index is 1.63. The van der Waals surface area contributed by atoms with Gasteiger partial charge in [0.15, 0.2) is 12.6 Å². The van der Waals surface area contributed by atoms with Crippen molar-refractivity contribution in [3.05, 3.63) is 55.5 Å². The molecule has 0 aromatic heterocycles. The normalized spacial score (nSPS) is 15.5. The van der Waals surface area contributed by atoms with Gasteiger partial charge < -0.3 is 10.2 Å². The Morgan fingerprint density at radius 3 is 1.43 bits per heavy atom. The Bertz CT molecular complexity index is 823. The summed E-state index contributed by atoms with van der Waals surface area (Å²) < 4.78 is 1.52. The van der Waals surface area contributed by atoms with E-state index in [1.165, 1.54) is 0 Å². The monoisotopic (exact) mass is 510 g/mol. The van der Waals surface area contributed by atoms with Gasteiger partial charge in [0, 0.05) is 59.3 Å². The fraction of sp³-hybridized carbons (Fsp3) is 0.300. The fourth-order valence-corrected chi connectivity index (χ4v) is 4.41. The Kier molecular flexibility index (Phi) is 6.87. The van der Waals surface area contributed by atoms with Gasteiger partial charge in [-0.2, -0.15) is 0 Å². The molecular weight excluding hydrogens is 492 g/mol. The molecule has 28 heavy (non-hydrogen) atoms. The van der Waals surface area contributed by atoms with Gasteiger partial charge in [0.25, 0.3) is 0 Å². The first-order chi connectivity index (χ1) is 13.4. The molecule has 1 aliphatic heterocycles. The molecule has 0 aliphatic carbocycles. The molecule has 2 N–H and O–H groups in total. The van der Waals surface area contributed by atoms with Crippen molar-refractivity contribution in [2.45, 2.75) is 13.1 Å². The van der Waals surface area contributed by atoms with Crippen molar-refractivity contribution in [3.8, 4) is 11.5 Å². The van der Waals surface area contributed by atoms with Gasteiger partial charge in [-0.25, -0.2) is 0 Å². The summed E-state index contributed by atoms with van der Waals surface area (Å²) in [5.41, 5.74) is 1.98. The van der Waals surface area contributed by atoms with Crippen LogP contribution in [0.4, 0.5) is 0 Å². The van der Waals surface area contributed by atoms with Crippen LogP contribution in [0.1, 0.15) is 31.8 Å². The van der Waals surface area contributed by atoms with Crippen LogP contribution in [0.2, 0.25) is 0 Å². The highest BCUT2D eigenvalue weighted by Crippen LogP contribution is 2.29. The van der Waals surface area contributed by atoms with Gasteiger partial charge in [0.1, 0.15) is 11.5 Å². The van der Waals surface area contributed by atoms with Gasteiger partial charge in [-0.1, -0.05) is 31.9 Å². The van der Waals surface area contributed by atoms with E-state index in [1.807, 2.05) is 12.1 Å². The molecule has 0 unspecified atom stereocenters. The summed E-state index contributed by atoms with van der Waals surface area (Å²) in [6.45, 7) is 4.26. The predicted octanol–water partition coefficient (Wildman–Crippen LogP) is 3.57. The molecule has 0 amide bonds. The molecule has 1 aliphatic rings. The van der Waals surface area contributed by atoms with E-state index in [4.69, 9.17) is 0 Å². The molecule has 2 aromatic rings. The molecule has 8 heteroatoms. The summed E-state index contributed by atoms with van der Waals surface area (Å²) in [6, 6.07) is 6.86. The third-order valence-electron chi connectivity index (χ3n) is 4.87. The molecule has 2 aromatic carbocycles. The summed E-state index contributed by atoms with van der Waals surface area (Å²) in [4.78, 5) is 26.6. The number of piperazine rings is 1. The number of aldehydes is 2. The largest absolute Gasteiger partial charge is 0.507 e. The molecule has 0 spiro atoms. The van der Waals surface area contributed by atoms with Crippen LogP contribution in [0.25, 0.3) is 0 Å². The Morgan fingerprint density at radius 2 is 1.11 bits per heavy atom. The minimum absolute atomic E-state index is 0.0288. The second-order valence-electron chi connectivity index (χ2n) is 6.79. The lowest BCUT2D eigenvalue weighted by Gasteiger charge is -2.35. The maximum absolute atomic E-state index is 11.1. The van der Waals surface area contributed by atoms with Gasteiger partial charge >= 0.3 is 0 Å². The standard InChI is InChI=1S/C20H20Br2N2O4/c21-17-5-13(19(27)15(7-17)11-25)9-23-1-2-24(4-3-23)10-14-6-18(22)8-16(12-26)20(14)28/h5-8,11-12,27-28H,1-4,9-10H2. The average molecular weight is 512 g/mol. The van der Waals surface area contributed by atoms with Crippen LogP contribution in [-0.2, 0) is 13.1 Å². The van der Waals surface area contributed by atoms with Gasteiger partial charge in [-0.3, -0.25) is 19.4 Å². The number of phenols is 2. The van der Waals surface area contributed by atoms with Crippen LogP contribution in [-0.4, -0.2) is 58.8 Å². The van der Waals surface area contributed by atoms with E-state index in [2.05, 4.69) is 41.7 Å². The van der Waals surface area contributed by atoms with Crippen molar-refractivity contribution < 1.29 is 19.8 Å². The number of hydrogen-bond donors (Lipinski definition) is 2. The van der Waals surface area contributed by atoms with Crippen LogP contribution in [0.15, 0.2) is 33.2 Å². The van der Waals surface area contributed by atoms with Crippen LogP contribution in [0.5, 0.6) is 11.5 Å². The lowest BCUT2D eigenvalue weighted by molar-refractivity contribution is 0.110. The van der Waals surface area contributed by atoms with Crippen molar-refractivity contribution in [2.75, 3.05) is 26.2 Å². The minimum Gasteiger partial charge on any atom is -0.507 e. The fourth-order valence-electron chi connectivity index (χ4n) is 3.37. The third kappa shape index (κ3) is 4.81. The van der Waals surface area contributed by atoms with E-state index < -0.39 is 0 Å². The molecule has 3 rings (SSSR count). The predicted molar refractivity (Wildman–Crippen MR) is 113 cm³/mol. The third-order valence-corrected chi connectivity index (χ3v) is 5.79. The summed E-state index contributed by atoms with van der Waals surface area (Å²) in [7, 11) is 0. The molecule has 148 valence electrons. The topological polar surface area (TPSA) is 81.1 Å². The van der Waals surface area contributed by atoms with E-state index in [-0.39, 0.29) is 22.6 Å². The van der Waals surface area contributed by atoms with Crippen LogP contribution in [0, 0.1) is 0 Å². The molecule has 0 radical (unpaired) electrons. The Labute approximate surface area is 180 Å². The van der Waals surface area contributed by atoms with Gasteiger partial charge in [0.2, 0.25) is 0 Å². The molecule has 1 fully saturated rings. The van der Waals surface area contributed by atoms with Gasteiger partial charge in [0.05, 0.1) is 11.1 Å². The Hall–Kier alpha value is -1.74. The molecule has 0 atom stereocenters. The smallest absolute Gasteiger partial charge is 0.153 e. The Morgan fingerprint density at radius 1 is 0.750 bits per heavy atom. The highest BCUT2D eigenvalue weighted by molar-refractivity contribution is 9.10. The van der Waals surface area contributed by atoms with Crippen LogP contribution in [0.3, 0.4) is 0 Å². The zero-order chi connectivity index (χ0) is 20.3. The summed E-state index contributed by atoms with van der Waals surface area (Å²) in [5.74, 6) is 0.0576. The lowest BCUT2D eigenvalue weighted by atomic mass is 10.1. The maximum atomic E-state index is 11.1. The van der Waals surface area contributed by atoms with Crippen molar-refractivity contribution in [2.24, 2.45) is 0 Å². The number of carbonyl (C=O) groups excluding carboxylic acids is 2. The first kappa shape index (κ1) is 21.0. The van der Waals surface area contributed by atoms with Crippen molar-refractivity contribution in [3.63, 3.8) is 0 Å². The molecule has 1 saturated heterocycles. The van der Waals surface area contributed by atoms with E-state index in [9.17, 15) is 19.8 Å². The number of carbonyl (C=O) groups is 2. The first-order valence-corrected chi connectivity index (χ1v) is 10.4. The lowest BCUT2D eigenvalue weighted by Crippen LogP contribution is -2.45. The van der Waals surface area contributed by atoms with Crippen molar-refractivity contribution in [1.82, 2.24) is 9.80 Å². The summed E-state index contributed by atoms with van der Waals surface area (Å²) in [6.07, 6.45) is 1.30. The number of nitrogens with zero attached hydrogens (tertiary/aromatic N) is 2. The van der Waals surface area contributed by atoms with E-state index in [0.717, 1.165) is 35.1 Å². The highest BCUT2D eigenvalue weighted by Gasteiger charge is 2.21. The molecule has 1 heterocycles. The minimum atomic E-state index is 0.0288. The zero-order valence-corrected chi connectivity index (χ0v) is 18.2. The molecular formula is C20H20Br2N2O4. The summed E-state index contributed by atoms with van der Waals surface area (Å²) >= 11 is 6.75. The van der Waals surface area contributed by atoms with E-state index in [1.54, 1.807) is 12.1 Å². The van der Waals surface area contributed by atoms with Gasteiger partial charge in [-0.05, 0) is 24.3 Å². The SMILES string of the molecule is O=Cc1cc(Br)cc(CN2CCN(Cc3cc(Br)cc(C=O)c3O)CC2)c1O. The number of halogens is 2. The highest BCUT2D eigenvalue weighted by atomic mass is 79.9. The average Bonchev–Trinajstić information content (AvgIpc) is 2.68. The number of rotatable bonds is 6. The first-order valence-electron chi connectivity index (χ1n) is 8.79. The molecule has 0 saturated carbocycles. The van der Waals surface area contributed by atoms with Crippen molar-refractivity contribution >= 4 is 44.4 Å². The second kappa shape index (κ2) is 9.17.